The molecule has 0 radical (unpaired) electrons. The molecule has 0 aromatic heterocycles. The molecule has 2 aliphatic rings. The highest BCUT2D eigenvalue weighted by Crippen LogP contribution is 2.49. The van der Waals surface area contributed by atoms with E-state index in [1.807, 2.05) is 4.90 Å². The Bertz CT molecular complexity index is 581. The zero-order valence-corrected chi connectivity index (χ0v) is 12.8. The molecule has 0 atom stereocenters. The third kappa shape index (κ3) is 2.72. The van der Waals surface area contributed by atoms with E-state index in [2.05, 4.69) is 0 Å². The summed E-state index contributed by atoms with van der Waals surface area (Å²) in [7, 11) is 0. The molecule has 4 nitrogen and oxygen atoms in total. The van der Waals surface area contributed by atoms with Gasteiger partial charge in [0.25, 0.3) is 0 Å². The highest BCUT2D eigenvalue weighted by molar-refractivity contribution is 5.91. The number of carbonyl (C=O) groups is 2. The minimum Gasteiger partial charge on any atom is -0.341 e. The molecule has 1 aliphatic carbocycles. The van der Waals surface area contributed by atoms with Crippen LogP contribution in [0.5, 0.6) is 0 Å². The first-order valence-electron chi connectivity index (χ1n) is 7.84. The van der Waals surface area contributed by atoms with E-state index in [4.69, 9.17) is 0 Å². The van der Waals surface area contributed by atoms with Crippen LogP contribution in [-0.2, 0) is 15.0 Å². The van der Waals surface area contributed by atoms with Crippen molar-refractivity contribution in [3.8, 4) is 0 Å². The Hall–Kier alpha value is -1.91. The summed E-state index contributed by atoms with van der Waals surface area (Å²) in [5.74, 6) is -0.0858. The predicted octanol–water partition coefficient (Wildman–Crippen LogP) is 1.94. The van der Waals surface area contributed by atoms with Gasteiger partial charge in [-0.05, 0) is 37.0 Å². The molecule has 1 aromatic carbocycles. The van der Waals surface area contributed by atoms with E-state index in [0.717, 1.165) is 24.8 Å². The number of rotatable bonds is 2. The first-order chi connectivity index (χ1) is 10.5. The summed E-state index contributed by atoms with van der Waals surface area (Å²) in [6, 6.07) is 6.28. The number of halogens is 1. The first-order valence-corrected chi connectivity index (χ1v) is 7.84. The van der Waals surface area contributed by atoms with Gasteiger partial charge >= 0.3 is 0 Å². The maximum absolute atomic E-state index is 13.1. The monoisotopic (exact) mass is 304 g/mol. The van der Waals surface area contributed by atoms with E-state index < -0.39 is 5.41 Å². The third-order valence-electron chi connectivity index (χ3n) is 4.78. The van der Waals surface area contributed by atoms with E-state index in [1.165, 1.54) is 12.1 Å². The maximum atomic E-state index is 13.1. The van der Waals surface area contributed by atoms with Crippen molar-refractivity contribution in [1.29, 1.82) is 0 Å². The lowest BCUT2D eigenvalue weighted by Crippen LogP contribution is -2.42. The van der Waals surface area contributed by atoms with Gasteiger partial charge in [-0.3, -0.25) is 9.59 Å². The normalized spacial score (nSPS) is 20.5. The fraction of sp³-hybridized carbons (Fsp3) is 0.529. The lowest BCUT2D eigenvalue weighted by Gasteiger charge is -2.26. The van der Waals surface area contributed by atoms with Crippen LogP contribution in [0.2, 0.25) is 0 Å². The largest absolute Gasteiger partial charge is 0.341 e. The summed E-state index contributed by atoms with van der Waals surface area (Å²) in [5, 5.41) is 0. The second-order valence-electron chi connectivity index (χ2n) is 6.24. The summed E-state index contributed by atoms with van der Waals surface area (Å²) in [6.45, 7) is 4.15. The Morgan fingerprint density at radius 3 is 2.18 bits per heavy atom. The molecule has 1 heterocycles. The topological polar surface area (TPSA) is 40.6 Å². The van der Waals surface area contributed by atoms with Gasteiger partial charge in [0.15, 0.2) is 0 Å². The minimum absolute atomic E-state index is 0.0639. The third-order valence-corrected chi connectivity index (χ3v) is 4.78. The molecule has 118 valence electrons. The van der Waals surface area contributed by atoms with Crippen LogP contribution in [0.25, 0.3) is 0 Å². The van der Waals surface area contributed by atoms with Gasteiger partial charge in [0.1, 0.15) is 5.82 Å². The van der Waals surface area contributed by atoms with Crippen LogP contribution in [0.1, 0.15) is 31.7 Å². The minimum atomic E-state index is -0.459. The Kier molecular flexibility index (Phi) is 3.89. The second kappa shape index (κ2) is 5.71. The molecule has 0 unspecified atom stereocenters. The molecule has 2 amide bonds. The summed E-state index contributed by atoms with van der Waals surface area (Å²) in [4.78, 5) is 28.1. The molecule has 1 saturated carbocycles. The van der Waals surface area contributed by atoms with Crippen molar-refractivity contribution in [3.05, 3.63) is 35.6 Å². The van der Waals surface area contributed by atoms with Crippen LogP contribution < -0.4 is 0 Å². The van der Waals surface area contributed by atoms with Gasteiger partial charge < -0.3 is 9.80 Å². The Balaban J connectivity index is 1.73. The number of nitrogens with zero attached hydrogens (tertiary/aromatic N) is 2. The molecule has 0 N–H and O–H groups in total. The molecule has 1 aliphatic heterocycles. The van der Waals surface area contributed by atoms with Crippen LogP contribution in [0, 0.1) is 5.82 Å². The number of benzene rings is 1. The average molecular weight is 304 g/mol. The first kappa shape index (κ1) is 15.0. The molecule has 3 rings (SSSR count). The lowest BCUT2D eigenvalue weighted by molar-refractivity contribution is -0.134. The summed E-state index contributed by atoms with van der Waals surface area (Å²) in [6.07, 6.45) is 2.46. The van der Waals surface area contributed by atoms with Crippen molar-refractivity contribution in [2.24, 2.45) is 0 Å². The summed E-state index contributed by atoms with van der Waals surface area (Å²) >= 11 is 0. The highest BCUT2D eigenvalue weighted by Gasteiger charge is 2.53. The average Bonchev–Trinajstić information content (AvgIpc) is 3.31. The molecule has 5 heteroatoms. The number of hydrogen-bond donors (Lipinski definition) is 0. The predicted molar refractivity (Wildman–Crippen MR) is 80.8 cm³/mol. The van der Waals surface area contributed by atoms with Gasteiger partial charge in [0.2, 0.25) is 11.8 Å². The van der Waals surface area contributed by atoms with E-state index >= 15 is 0 Å². The van der Waals surface area contributed by atoms with Gasteiger partial charge in [-0.15, -0.1) is 0 Å². The van der Waals surface area contributed by atoms with Gasteiger partial charge in [-0.2, -0.15) is 0 Å². The second-order valence-corrected chi connectivity index (χ2v) is 6.24. The standard InChI is InChI=1S/C17H21FN2O2/c1-13(21)19-9-2-10-20(12-11-19)16(22)17(7-8-17)14-3-5-15(18)6-4-14/h3-6H,2,7-12H2,1H3. The van der Waals surface area contributed by atoms with Gasteiger partial charge in [-0.25, -0.2) is 4.39 Å². The van der Waals surface area contributed by atoms with E-state index in [-0.39, 0.29) is 17.6 Å². The van der Waals surface area contributed by atoms with Gasteiger partial charge in [0, 0.05) is 33.1 Å². The molecule has 1 aromatic rings. The number of carbonyl (C=O) groups excluding carboxylic acids is 2. The fourth-order valence-corrected chi connectivity index (χ4v) is 3.26. The molecular formula is C17H21FN2O2. The number of amides is 2. The smallest absolute Gasteiger partial charge is 0.233 e. The van der Waals surface area contributed by atoms with Crippen molar-refractivity contribution in [3.63, 3.8) is 0 Å². The van der Waals surface area contributed by atoms with Crippen LogP contribution in [0.4, 0.5) is 4.39 Å². The Labute approximate surface area is 129 Å². The van der Waals surface area contributed by atoms with Gasteiger partial charge in [0.05, 0.1) is 5.41 Å². The Morgan fingerprint density at radius 1 is 1.00 bits per heavy atom. The van der Waals surface area contributed by atoms with Crippen molar-refractivity contribution in [1.82, 2.24) is 9.80 Å². The zero-order chi connectivity index (χ0) is 15.7. The summed E-state index contributed by atoms with van der Waals surface area (Å²) in [5.41, 5.74) is 0.450. The molecule has 0 bridgehead atoms. The Morgan fingerprint density at radius 2 is 1.59 bits per heavy atom. The van der Waals surface area contributed by atoms with Crippen LogP contribution >= 0.6 is 0 Å². The lowest BCUT2D eigenvalue weighted by atomic mass is 9.94. The molecule has 2 fully saturated rings. The van der Waals surface area contributed by atoms with Crippen molar-refractivity contribution in [2.75, 3.05) is 26.2 Å². The zero-order valence-electron chi connectivity index (χ0n) is 12.8. The molecule has 22 heavy (non-hydrogen) atoms. The molecular weight excluding hydrogens is 283 g/mol. The van der Waals surface area contributed by atoms with Crippen molar-refractivity contribution < 1.29 is 14.0 Å². The SMILES string of the molecule is CC(=O)N1CCCN(C(=O)C2(c3ccc(F)cc3)CC2)CC1. The van der Waals surface area contributed by atoms with E-state index in [9.17, 15) is 14.0 Å². The van der Waals surface area contributed by atoms with E-state index in [0.29, 0.717) is 26.2 Å². The van der Waals surface area contributed by atoms with Crippen LogP contribution in [-0.4, -0.2) is 47.8 Å². The fourth-order valence-electron chi connectivity index (χ4n) is 3.26. The highest BCUT2D eigenvalue weighted by atomic mass is 19.1. The maximum Gasteiger partial charge on any atom is 0.233 e. The molecule has 1 saturated heterocycles. The van der Waals surface area contributed by atoms with Crippen LogP contribution in [0.3, 0.4) is 0 Å². The van der Waals surface area contributed by atoms with Crippen LogP contribution in [0.15, 0.2) is 24.3 Å². The van der Waals surface area contributed by atoms with Crippen molar-refractivity contribution in [2.45, 2.75) is 31.6 Å². The van der Waals surface area contributed by atoms with Gasteiger partial charge in [-0.1, -0.05) is 12.1 Å². The van der Waals surface area contributed by atoms with Crippen molar-refractivity contribution >= 4 is 11.8 Å². The quantitative estimate of drug-likeness (QED) is 0.838. The molecule has 0 spiro atoms. The number of hydrogen-bond acceptors (Lipinski definition) is 2. The summed E-state index contributed by atoms with van der Waals surface area (Å²) < 4.78 is 13.1. The van der Waals surface area contributed by atoms with E-state index in [1.54, 1.807) is 24.0 Å².